The summed E-state index contributed by atoms with van der Waals surface area (Å²) < 4.78 is 74.7. The number of hydrogen-bond donors (Lipinski definition) is 3. The molecule has 0 unspecified atom stereocenters. The number of thiophene rings is 1. The zero-order valence-corrected chi connectivity index (χ0v) is 30.0. The highest BCUT2D eigenvalue weighted by Crippen LogP contribution is 2.69. The van der Waals surface area contributed by atoms with Crippen molar-refractivity contribution >= 4 is 27.5 Å². The summed E-state index contributed by atoms with van der Waals surface area (Å²) >= 11 is 0.874. The number of carbonyl (C=O) groups excluding carboxylic acids is 1. The van der Waals surface area contributed by atoms with Gasteiger partial charge in [0.1, 0.15) is 9.96 Å². The van der Waals surface area contributed by atoms with Crippen molar-refractivity contribution in [3.63, 3.8) is 0 Å². The van der Waals surface area contributed by atoms with Crippen molar-refractivity contribution < 1.29 is 46.1 Å². The SMILES string of the molecule is CC[C@H]1[C@@H](O)[C@@H]2[C@H](CC[C@]3(C)[C@@H]([C@H](C)COC(=O)NS(=O)(=O)c4ccc(-c5ccc(OC(F)(F)F)cc5)s4)CC[C@@H]23)[C@@]2(C)CC[C@@H](O)C[C@@H]12. The first-order chi connectivity index (χ1) is 23.0. The van der Waals surface area contributed by atoms with E-state index in [1.807, 2.05) is 4.72 Å². The molecule has 272 valence electrons. The number of rotatable bonds is 8. The molecule has 4 saturated carbocycles. The van der Waals surface area contributed by atoms with Gasteiger partial charge in [-0.2, -0.15) is 0 Å². The Morgan fingerprint density at radius 2 is 1.67 bits per heavy atom. The van der Waals surface area contributed by atoms with E-state index in [-0.39, 0.29) is 57.2 Å². The molecule has 0 saturated heterocycles. The van der Waals surface area contributed by atoms with Crippen molar-refractivity contribution in [2.24, 2.45) is 52.3 Å². The largest absolute Gasteiger partial charge is 0.573 e. The molecule has 4 aliphatic rings. The van der Waals surface area contributed by atoms with E-state index in [0.717, 1.165) is 74.8 Å². The molecule has 8 nitrogen and oxygen atoms in total. The van der Waals surface area contributed by atoms with Gasteiger partial charge < -0.3 is 19.7 Å². The number of sulfonamides is 1. The molecule has 13 heteroatoms. The molecule has 6 rings (SSSR count). The maximum absolute atomic E-state index is 13.0. The van der Waals surface area contributed by atoms with Gasteiger partial charge in [0.05, 0.1) is 18.8 Å². The van der Waals surface area contributed by atoms with Crippen LogP contribution in [0.25, 0.3) is 10.4 Å². The van der Waals surface area contributed by atoms with Gasteiger partial charge in [-0.15, -0.1) is 24.5 Å². The number of halogens is 3. The van der Waals surface area contributed by atoms with Gasteiger partial charge in [0.25, 0.3) is 10.0 Å². The van der Waals surface area contributed by atoms with E-state index in [0.29, 0.717) is 28.2 Å². The van der Waals surface area contributed by atoms with Gasteiger partial charge in [0, 0.05) is 4.88 Å². The molecule has 0 spiro atoms. The Bertz CT molecular complexity index is 1610. The average molecular weight is 728 g/mol. The molecule has 49 heavy (non-hydrogen) atoms. The van der Waals surface area contributed by atoms with Crippen LogP contribution in [-0.4, -0.2) is 49.9 Å². The molecule has 11 atom stereocenters. The molecule has 1 aromatic heterocycles. The quantitative estimate of drug-likeness (QED) is 0.252. The van der Waals surface area contributed by atoms with Crippen LogP contribution in [0, 0.1) is 52.3 Å². The fraction of sp³-hybridized carbons (Fsp3) is 0.694. The lowest BCUT2D eigenvalue weighted by atomic mass is 9.41. The summed E-state index contributed by atoms with van der Waals surface area (Å²) in [5.74, 6) is 1.32. The maximum atomic E-state index is 13.0. The number of benzene rings is 1. The van der Waals surface area contributed by atoms with Crippen LogP contribution in [-0.2, 0) is 14.8 Å². The summed E-state index contributed by atoms with van der Waals surface area (Å²) in [6.45, 7) is 9.02. The molecule has 2 aromatic rings. The lowest BCUT2D eigenvalue weighted by Gasteiger charge is -2.64. The smallest absolute Gasteiger partial charge is 0.449 e. The molecule has 4 aliphatic carbocycles. The van der Waals surface area contributed by atoms with E-state index in [1.54, 1.807) is 0 Å². The van der Waals surface area contributed by atoms with Gasteiger partial charge in [-0.1, -0.05) is 34.1 Å². The number of aliphatic hydroxyl groups excluding tert-OH is 2. The number of amides is 1. The predicted octanol–water partition coefficient (Wildman–Crippen LogP) is 7.99. The van der Waals surface area contributed by atoms with Crippen LogP contribution < -0.4 is 9.46 Å². The minimum Gasteiger partial charge on any atom is -0.449 e. The van der Waals surface area contributed by atoms with Gasteiger partial charge in [-0.25, -0.2) is 17.9 Å². The van der Waals surface area contributed by atoms with Crippen LogP contribution in [0.5, 0.6) is 5.75 Å². The van der Waals surface area contributed by atoms with Crippen molar-refractivity contribution in [3.8, 4) is 16.2 Å². The van der Waals surface area contributed by atoms with Crippen molar-refractivity contribution in [2.45, 2.75) is 102 Å². The highest BCUT2D eigenvalue weighted by Gasteiger charge is 2.65. The fourth-order valence-corrected chi connectivity index (χ4v) is 13.1. The number of alkyl halides is 3. The molecule has 3 N–H and O–H groups in total. The van der Waals surface area contributed by atoms with Crippen molar-refractivity contribution in [2.75, 3.05) is 6.61 Å². The minimum atomic E-state index is -4.82. The van der Waals surface area contributed by atoms with Gasteiger partial charge in [-0.3, -0.25) is 0 Å². The fourth-order valence-electron chi connectivity index (χ4n) is 10.9. The topological polar surface area (TPSA) is 122 Å². The average Bonchev–Trinajstić information content (AvgIpc) is 3.66. The van der Waals surface area contributed by atoms with E-state index in [1.165, 1.54) is 24.3 Å². The normalized spacial score (nSPS) is 36.6. The van der Waals surface area contributed by atoms with Crippen molar-refractivity contribution in [3.05, 3.63) is 36.4 Å². The lowest BCUT2D eigenvalue weighted by molar-refractivity contribution is -0.274. The number of carbonyl (C=O) groups is 1. The summed E-state index contributed by atoms with van der Waals surface area (Å²) in [6.07, 6.45) is 0.952. The van der Waals surface area contributed by atoms with Crippen LogP contribution in [0.15, 0.2) is 40.6 Å². The molecule has 1 heterocycles. The molecule has 0 bridgehead atoms. The Hall–Kier alpha value is -2.35. The highest BCUT2D eigenvalue weighted by molar-refractivity contribution is 7.92. The summed E-state index contributed by atoms with van der Waals surface area (Å²) in [7, 11) is -4.25. The highest BCUT2D eigenvalue weighted by atomic mass is 32.2. The molecular weight excluding hydrogens is 680 g/mol. The number of aliphatic hydroxyl groups is 2. The molecule has 4 fully saturated rings. The zero-order chi connectivity index (χ0) is 35.5. The van der Waals surface area contributed by atoms with Crippen LogP contribution in [0.2, 0.25) is 0 Å². The Kier molecular flexibility index (Phi) is 9.91. The van der Waals surface area contributed by atoms with E-state index in [9.17, 15) is 36.6 Å². The third-order valence-electron chi connectivity index (χ3n) is 13.1. The first-order valence-corrected chi connectivity index (χ1v) is 19.8. The van der Waals surface area contributed by atoms with Crippen LogP contribution in [0.3, 0.4) is 0 Å². The van der Waals surface area contributed by atoms with E-state index < -0.39 is 28.6 Å². The Morgan fingerprint density at radius 3 is 2.35 bits per heavy atom. The monoisotopic (exact) mass is 727 g/mol. The number of hydrogen-bond acceptors (Lipinski definition) is 8. The summed E-state index contributed by atoms with van der Waals surface area (Å²) in [5, 5.41) is 22.5. The van der Waals surface area contributed by atoms with Crippen molar-refractivity contribution in [1.82, 2.24) is 4.72 Å². The third-order valence-corrected chi connectivity index (χ3v) is 16.0. The van der Waals surface area contributed by atoms with Gasteiger partial charge >= 0.3 is 12.5 Å². The lowest BCUT2D eigenvalue weighted by Crippen LogP contribution is -2.62. The van der Waals surface area contributed by atoms with Crippen LogP contribution in [0.1, 0.15) is 79.1 Å². The molecule has 0 aliphatic heterocycles. The standard InChI is InChI=1S/C36H48F3NO7S2/c1-5-24-28-18-22(41)14-16-35(28,4)27-15-17-34(3)25(10-11-26(34)31(27)32(24)42)20(2)19-46-33(43)40-49(44,45)30-13-12-29(48-30)21-6-8-23(9-7-21)47-36(37,38)39/h6-9,12-13,20,22,24-28,31-32,41-42H,5,10-11,14-19H2,1-4H3,(H,40,43)/t20-,22-,24-,25-,26+,27+,28+,31+,32-,34-,35-/m1/s1. The van der Waals surface area contributed by atoms with Crippen LogP contribution >= 0.6 is 11.3 Å². The Morgan fingerprint density at radius 1 is 1.00 bits per heavy atom. The summed E-state index contributed by atoms with van der Waals surface area (Å²) in [6, 6.07) is 7.91. The Balaban J connectivity index is 1.07. The molecule has 1 aromatic carbocycles. The summed E-state index contributed by atoms with van der Waals surface area (Å²) in [5.41, 5.74) is 0.571. The molecular formula is C36H48F3NO7S2. The second-order valence-corrected chi connectivity index (χ2v) is 18.5. The van der Waals surface area contributed by atoms with Gasteiger partial charge in [0.2, 0.25) is 0 Å². The number of ether oxygens (including phenoxy) is 2. The summed E-state index contributed by atoms with van der Waals surface area (Å²) in [4.78, 5) is 13.3. The molecule has 1 amide bonds. The maximum Gasteiger partial charge on any atom is 0.573 e. The minimum absolute atomic E-state index is 0.0199. The van der Waals surface area contributed by atoms with Crippen LogP contribution in [0.4, 0.5) is 18.0 Å². The Labute approximate surface area is 290 Å². The van der Waals surface area contributed by atoms with E-state index in [4.69, 9.17) is 4.74 Å². The first kappa shape index (κ1) is 36.4. The van der Waals surface area contributed by atoms with Gasteiger partial charge in [-0.05, 0) is 139 Å². The third kappa shape index (κ3) is 6.85. The predicted molar refractivity (Wildman–Crippen MR) is 179 cm³/mol. The van der Waals surface area contributed by atoms with E-state index in [2.05, 4.69) is 32.4 Å². The van der Waals surface area contributed by atoms with Crippen molar-refractivity contribution in [1.29, 1.82) is 0 Å². The second-order valence-electron chi connectivity index (χ2n) is 15.5. The first-order valence-electron chi connectivity index (χ1n) is 17.5. The van der Waals surface area contributed by atoms with Gasteiger partial charge in [0.15, 0.2) is 0 Å². The number of nitrogens with one attached hydrogen (secondary N) is 1. The van der Waals surface area contributed by atoms with E-state index >= 15 is 0 Å². The second kappa shape index (κ2) is 13.3. The molecule has 0 radical (unpaired) electrons. The number of fused-ring (bicyclic) bond motifs is 5. The zero-order valence-electron chi connectivity index (χ0n) is 28.4.